The Morgan fingerprint density at radius 3 is 2.61 bits per heavy atom. The van der Waals surface area contributed by atoms with Gasteiger partial charge in [0.1, 0.15) is 0 Å². The number of benzene rings is 1. The van der Waals surface area contributed by atoms with Crippen LogP contribution in [0.15, 0.2) is 42.0 Å². The number of rotatable bonds is 4. The second-order valence-electron chi connectivity index (χ2n) is 5.84. The Kier molecular flexibility index (Phi) is 4.20. The molecule has 0 aromatic heterocycles. The van der Waals surface area contributed by atoms with Gasteiger partial charge in [-0.15, -0.1) is 0 Å². The largest absolute Gasteiger partial charge is 0.390 e. The summed E-state index contributed by atoms with van der Waals surface area (Å²) in [6.07, 6.45) is 4.16. The van der Waals surface area contributed by atoms with Gasteiger partial charge in [-0.3, -0.25) is 4.90 Å². The van der Waals surface area contributed by atoms with E-state index < -0.39 is 5.60 Å². The van der Waals surface area contributed by atoms with E-state index in [-0.39, 0.29) is 0 Å². The van der Waals surface area contributed by atoms with E-state index in [4.69, 9.17) is 0 Å². The first-order valence-corrected chi connectivity index (χ1v) is 6.69. The fourth-order valence-corrected chi connectivity index (χ4v) is 2.54. The first-order valence-electron chi connectivity index (χ1n) is 6.69. The molecule has 0 amide bonds. The van der Waals surface area contributed by atoms with Gasteiger partial charge < -0.3 is 5.11 Å². The van der Waals surface area contributed by atoms with Crippen LogP contribution < -0.4 is 0 Å². The molecular weight excluding hydrogens is 222 g/mol. The second kappa shape index (κ2) is 5.68. The van der Waals surface area contributed by atoms with Crippen LogP contribution >= 0.6 is 0 Å². The Labute approximate surface area is 110 Å². The topological polar surface area (TPSA) is 23.5 Å². The van der Waals surface area contributed by atoms with Gasteiger partial charge in [0.25, 0.3) is 0 Å². The Bertz CT molecular complexity index is 403. The number of hydrogen-bond acceptors (Lipinski definition) is 2. The molecule has 98 valence electrons. The second-order valence-corrected chi connectivity index (χ2v) is 5.84. The molecule has 0 bridgehead atoms. The van der Waals surface area contributed by atoms with Crippen LogP contribution in [0.1, 0.15) is 32.3 Å². The normalized spacial score (nSPS) is 17.6. The Hall–Kier alpha value is -1.12. The third-order valence-electron chi connectivity index (χ3n) is 3.21. The maximum absolute atomic E-state index is 9.89. The third-order valence-corrected chi connectivity index (χ3v) is 3.21. The van der Waals surface area contributed by atoms with Gasteiger partial charge in [-0.1, -0.05) is 42.0 Å². The molecule has 2 rings (SSSR count). The van der Waals surface area contributed by atoms with E-state index in [0.717, 1.165) is 32.5 Å². The maximum atomic E-state index is 9.89. The summed E-state index contributed by atoms with van der Waals surface area (Å²) >= 11 is 0. The lowest BCUT2D eigenvalue weighted by atomic mass is 9.95. The summed E-state index contributed by atoms with van der Waals surface area (Å²) in [5, 5.41) is 9.89. The number of aliphatic hydroxyl groups is 1. The average Bonchev–Trinajstić information content (AvgIpc) is 2.28. The van der Waals surface area contributed by atoms with Gasteiger partial charge in [0.15, 0.2) is 0 Å². The molecule has 1 N–H and O–H groups in total. The summed E-state index contributed by atoms with van der Waals surface area (Å²) in [6, 6.07) is 10.6. The zero-order valence-electron chi connectivity index (χ0n) is 11.4. The molecule has 0 atom stereocenters. The molecule has 1 aromatic carbocycles. The van der Waals surface area contributed by atoms with Crippen LogP contribution in [-0.2, 0) is 6.54 Å². The van der Waals surface area contributed by atoms with Crippen LogP contribution in [-0.4, -0.2) is 28.7 Å². The Balaban J connectivity index is 1.92. The molecule has 0 spiro atoms. The molecule has 0 aliphatic carbocycles. The Morgan fingerprint density at radius 2 is 1.94 bits per heavy atom. The van der Waals surface area contributed by atoms with Gasteiger partial charge in [-0.05, 0) is 32.3 Å². The maximum Gasteiger partial charge on any atom is 0.0629 e. The van der Waals surface area contributed by atoms with Crippen molar-refractivity contribution in [1.29, 1.82) is 0 Å². The minimum Gasteiger partial charge on any atom is -0.390 e. The van der Waals surface area contributed by atoms with Gasteiger partial charge >= 0.3 is 0 Å². The fraction of sp³-hybridized carbons (Fsp3) is 0.500. The highest BCUT2D eigenvalue weighted by Crippen LogP contribution is 2.21. The molecule has 0 saturated heterocycles. The molecule has 1 aliphatic heterocycles. The van der Waals surface area contributed by atoms with E-state index in [1.165, 1.54) is 11.1 Å². The van der Waals surface area contributed by atoms with Crippen LogP contribution in [0.3, 0.4) is 0 Å². The van der Waals surface area contributed by atoms with E-state index in [0.29, 0.717) is 0 Å². The summed E-state index contributed by atoms with van der Waals surface area (Å²) < 4.78 is 0. The SMILES string of the molecule is CC(C)(O)CC1=CCCN(Cc2ccccc2)C1. The molecule has 2 heteroatoms. The van der Waals surface area contributed by atoms with Crippen molar-refractivity contribution >= 4 is 0 Å². The van der Waals surface area contributed by atoms with E-state index in [1.54, 1.807) is 0 Å². The van der Waals surface area contributed by atoms with E-state index >= 15 is 0 Å². The number of nitrogens with zero attached hydrogens (tertiary/aromatic N) is 1. The van der Waals surface area contributed by atoms with E-state index in [2.05, 4.69) is 41.3 Å². The summed E-state index contributed by atoms with van der Waals surface area (Å²) in [6.45, 7) is 6.86. The minimum atomic E-state index is -0.596. The van der Waals surface area contributed by atoms with Crippen molar-refractivity contribution in [3.05, 3.63) is 47.5 Å². The fourth-order valence-electron chi connectivity index (χ4n) is 2.54. The van der Waals surface area contributed by atoms with Crippen LogP contribution in [0, 0.1) is 0 Å². The predicted molar refractivity (Wildman–Crippen MR) is 75.3 cm³/mol. The molecule has 1 aliphatic rings. The molecule has 1 aromatic rings. The molecule has 0 fully saturated rings. The molecule has 1 heterocycles. The summed E-state index contributed by atoms with van der Waals surface area (Å²) in [7, 11) is 0. The molecule has 18 heavy (non-hydrogen) atoms. The van der Waals surface area contributed by atoms with Crippen LogP contribution in [0.25, 0.3) is 0 Å². The lowest BCUT2D eigenvalue weighted by Crippen LogP contribution is -2.32. The van der Waals surface area contributed by atoms with Crippen molar-refractivity contribution in [2.45, 2.75) is 38.8 Å². The molecular formula is C16H23NO. The van der Waals surface area contributed by atoms with Crippen molar-refractivity contribution in [3.63, 3.8) is 0 Å². The predicted octanol–water partition coefficient (Wildman–Crippen LogP) is 2.98. The summed E-state index contributed by atoms with van der Waals surface area (Å²) in [5.74, 6) is 0. The van der Waals surface area contributed by atoms with Crippen LogP contribution in [0.4, 0.5) is 0 Å². The standard InChI is InChI=1S/C16H23NO/c1-16(2,18)11-15-9-6-10-17(13-15)12-14-7-4-3-5-8-14/h3-5,7-9,18H,6,10-13H2,1-2H3. The molecule has 0 unspecified atom stereocenters. The summed E-state index contributed by atoms with van der Waals surface area (Å²) in [5.41, 5.74) is 2.13. The highest BCUT2D eigenvalue weighted by atomic mass is 16.3. The highest BCUT2D eigenvalue weighted by Gasteiger charge is 2.19. The first-order chi connectivity index (χ1) is 8.53. The monoisotopic (exact) mass is 245 g/mol. The van der Waals surface area contributed by atoms with Crippen molar-refractivity contribution in [1.82, 2.24) is 4.90 Å². The lowest BCUT2D eigenvalue weighted by molar-refractivity contribution is 0.0776. The molecule has 0 radical (unpaired) electrons. The first kappa shape index (κ1) is 13.3. The molecule has 0 saturated carbocycles. The van der Waals surface area contributed by atoms with E-state index in [9.17, 15) is 5.11 Å². The van der Waals surface area contributed by atoms with Gasteiger partial charge in [-0.25, -0.2) is 0 Å². The zero-order valence-corrected chi connectivity index (χ0v) is 11.4. The zero-order chi connectivity index (χ0) is 13.0. The lowest BCUT2D eigenvalue weighted by Gasteiger charge is -2.30. The smallest absolute Gasteiger partial charge is 0.0629 e. The van der Waals surface area contributed by atoms with Crippen molar-refractivity contribution < 1.29 is 5.11 Å². The van der Waals surface area contributed by atoms with Gasteiger partial charge in [-0.2, -0.15) is 0 Å². The Morgan fingerprint density at radius 1 is 1.22 bits per heavy atom. The molecule has 2 nitrogen and oxygen atoms in total. The number of hydrogen-bond donors (Lipinski definition) is 1. The van der Waals surface area contributed by atoms with Gasteiger partial charge in [0.05, 0.1) is 5.60 Å². The summed E-state index contributed by atoms with van der Waals surface area (Å²) in [4.78, 5) is 2.45. The van der Waals surface area contributed by atoms with Gasteiger partial charge in [0.2, 0.25) is 0 Å². The van der Waals surface area contributed by atoms with Crippen LogP contribution in [0.5, 0.6) is 0 Å². The minimum absolute atomic E-state index is 0.596. The van der Waals surface area contributed by atoms with Crippen LogP contribution in [0.2, 0.25) is 0 Å². The van der Waals surface area contributed by atoms with Crippen molar-refractivity contribution in [2.75, 3.05) is 13.1 Å². The third kappa shape index (κ3) is 4.28. The van der Waals surface area contributed by atoms with Crippen molar-refractivity contribution in [3.8, 4) is 0 Å². The van der Waals surface area contributed by atoms with Gasteiger partial charge in [0, 0.05) is 19.6 Å². The van der Waals surface area contributed by atoms with E-state index in [1.807, 2.05) is 13.8 Å². The highest BCUT2D eigenvalue weighted by molar-refractivity contribution is 5.16. The van der Waals surface area contributed by atoms with Crippen molar-refractivity contribution in [2.24, 2.45) is 0 Å². The average molecular weight is 245 g/mol. The quantitative estimate of drug-likeness (QED) is 0.824.